The Morgan fingerprint density at radius 2 is 1.83 bits per heavy atom. The minimum absolute atomic E-state index is 0.0333. The quantitative estimate of drug-likeness (QED) is 0.461. The number of sulfonamides is 1. The van der Waals surface area contributed by atoms with Crippen LogP contribution in [0, 0.1) is 0 Å². The summed E-state index contributed by atoms with van der Waals surface area (Å²) in [5.41, 5.74) is -1.16. The molecule has 0 aliphatic rings. The second-order valence-electron chi connectivity index (χ2n) is 6.54. The second-order valence-corrected chi connectivity index (χ2v) is 8.59. The maximum atomic E-state index is 12.8. The molecule has 30 heavy (non-hydrogen) atoms. The van der Waals surface area contributed by atoms with Crippen LogP contribution in [0.3, 0.4) is 0 Å². The number of rotatable bonds is 8. The molecular formula is C19H21N3O7S. The zero-order valence-electron chi connectivity index (χ0n) is 16.3. The van der Waals surface area contributed by atoms with Crippen LogP contribution in [0.1, 0.15) is 0 Å². The van der Waals surface area contributed by atoms with Gasteiger partial charge in [-0.3, -0.25) is 9.78 Å². The highest BCUT2D eigenvalue weighted by Crippen LogP contribution is 2.20. The van der Waals surface area contributed by atoms with Crippen LogP contribution < -0.4 is 20.7 Å². The molecule has 10 nitrogen and oxygen atoms in total. The molecule has 0 aliphatic carbocycles. The van der Waals surface area contributed by atoms with Gasteiger partial charge in [-0.25, -0.2) is 13.2 Å². The van der Waals surface area contributed by atoms with Gasteiger partial charge in [-0.05, 0) is 30.3 Å². The Morgan fingerprint density at radius 1 is 1.10 bits per heavy atom. The maximum Gasteiger partial charge on any atom is 0.326 e. The lowest BCUT2D eigenvalue weighted by Crippen LogP contribution is -2.37. The molecular weight excluding hydrogens is 414 g/mol. The molecule has 160 valence electrons. The van der Waals surface area contributed by atoms with E-state index in [4.69, 9.17) is 9.47 Å². The molecule has 3 N–H and O–H groups in total. The lowest BCUT2D eigenvalue weighted by Gasteiger charge is -2.21. The van der Waals surface area contributed by atoms with Crippen molar-refractivity contribution >= 4 is 20.9 Å². The third-order valence-electron chi connectivity index (χ3n) is 4.37. The Hall–Kier alpha value is -3.15. The van der Waals surface area contributed by atoms with Crippen molar-refractivity contribution in [1.82, 2.24) is 14.3 Å². The van der Waals surface area contributed by atoms with Crippen LogP contribution in [0.2, 0.25) is 0 Å². The first-order valence-corrected chi connectivity index (χ1v) is 10.3. The summed E-state index contributed by atoms with van der Waals surface area (Å²) in [7, 11) is -1.16. The number of nitrogens with zero attached hydrogens (tertiary/aromatic N) is 1. The molecule has 0 radical (unpaired) electrons. The number of aromatic nitrogens is 2. The number of hydrogen-bond donors (Lipinski definition) is 3. The summed E-state index contributed by atoms with van der Waals surface area (Å²) in [5, 5.41) is 10.2. The predicted octanol–water partition coefficient (Wildman–Crippen LogP) is 0.285. The number of aromatic amines is 2. The summed E-state index contributed by atoms with van der Waals surface area (Å²) >= 11 is 0. The lowest BCUT2D eigenvalue weighted by molar-refractivity contribution is 0.0934. The Balaban J connectivity index is 1.72. The van der Waals surface area contributed by atoms with Crippen LogP contribution in [0.15, 0.2) is 56.9 Å². The summed E-state index contributed by atoms with van der Waals surface area (Å²) < 4.78 is 37.2. The summed E-state index contributed by atoms with van der Waals surface area (Å²) in [4.78, 5) is 27.6. The molecule has 3 rings (SSSR count). The second kappa shape index (κ2) is 8.69. The molecule has 0 saturated heterocycles. The SMILES string of the molecule is COc1cccc(OCC(O)CN(C)S(=O)(=O)c2ccc3[nH]c(=O)[nH]c(=O)c3c2)c1. The normalized spacial score (nSPS) is 12.8. The fourth-order valence-electron chi connectivity index (χ4n) is 2.82. The van der Waals surface area contributed by atoms with Gasteiger partial charge >= 0.3 is 5.69 Å². The molecule has 0 aliphatic heterocycles. The van der Waals surface area contributed by atoms with Crippen LogP contribution in [0.4, 0.5) is 0 Å². The van der Waals surface area contributed by atoms with Gasteiger partial charge in [0.05, 0.1) is 22.9 Å². The van der Waals surface area contributed by atoms with Crippen molar-refractivity contribution in [3.8, 4) is 11.5 Å². The molecule has 1 heterocycles. The van der Waals surface area contributed by atoms with Gasteiger partial charge in [0.2, 0.25) is 10.0 Å². The van der Waals surface area contributed by atoms with Crippen molar-refractivity contribution in [3.05, 3.63) is 63.3 Å². The molecule has 1 aromatic heterocycles. The average Bonchev–Trinajstić information content (AvgIpc) is 2.72. The number of benzene rings is 2. The third-order valence-corrected chi connectivity index (χ3v) is 6.19. The van der Waals surface area contributed by atoms with E-state index in [0.29, 0.717) is 11.5 Å². The van der Waals surface area contributed by atoms with Gasteiger partial charge in [0, 0.05) is 19.7 Å². The number of methoxy groups -OCH3 is 1. The number of aliphatic hydroxyl groups is 1. The highest BCUT2D eigenvalue weighted by molar-refractivity contribution is 7.89. The molecule has 11 heteroatoms. The van der Waals surface area contributed by atoms with Crippen LogP contribution in [0.5, 0.6) is 11.5 Å². The Bertz CT molecular complexity index is 1270. The van der Waals surface area contributed by atoms with E-state index in [2.05, 4.69) is 9.97 Å². The van der Waals surface area contributed by atoms with Crippen molar-refractivity contribution in [2.45, 2.75) is 11.0 Å². The molecule has 0 fully saturated rings. The number of nitrogens with one attached hydrogen (secondary N) is 2. The summed E-state index contributed by atoms with van der Waals surface area (Å²) in [6.07, 6.45) is -1.10. The molecule has 1 unspecified atom stereocenters. The van der Waals surface area contributed by atoms with Crippen molar-refractivity contribution in [1.29, 1.82) is 0 Å². The number of aliphatic hydroxyl groups excluding tert-OH is 1. The van der Waals surface area contributed by atoms with Crippen LogP contribution in [-0.4, -0.2) is 61.2 Å². The van der Waals surface area contributed by atoms with Crippen LogP contribution >= 0.6 is 0 Å². The van der Waals surface area contributed by atoms with E-state index >= 15 is 0 Å². The van der Waals surface area contributed by atoms with Crippen LogP contribution in [0.25, 0.3) is 10.9 Å². The summed E-state index contributed by atoms with van der Waals surface area (Å²) in [6.45, 7) is -0.363. The minimum atomic E-state index is -3.99. The highest BCUT2D eigenvalue weighted by atomic mass is 32.2. The van der Waals surface area contributed by atoms with E-state index in [-0.39, 0.29) is 29.0 Å². The topological polar surface area (TPSA) is 142 Å². The fraction of sp³-hybridized carbons (Fsp3) is 0.263. The molecule has 0 amide bonds. The molecule has 1 atom stereocenters. The predicted molar refractivity (Wildman–Crippen MR) is 110 cm³/mol. The van der Waals surface area contributed by atoms with Gasteiger partial charge in [0.25, 0.3) is 5.56 Å². The number of ether oxygens (including phenoxy) is 2. The van der Waals surface area contributed by atoms with Crippen molar-refractivity contribution in [2.24, 2.45) is 0 Å². The van der Waals surface area contributed by atoms with Gasteiger partial charge in [-0.1, -0.05) is 6.07 Å². The smallest absolute Gasteiger partial charge is 0.326 e. The fourth-order valence-corrected chi connectivity index (χ4v) is 4.05. The number of fused-ring (bicyclic) bond motifs is 1. The van der Waals surface area contributed by atoms with E-state index in [0.717, 1.165) is 4.31 Å². The van der Waals surface area contributed by atoms with Crippen molar-refractivity contribution in [3.63, 3.8) is 0 Å². The van der Waals surface area contributed by atoms with Crippen LogP contribution in [-0.2, 0) is 10.0 Å². The standard InChI is InChI=1S/C19H21N3O7S/c1-22(10-12(23)11-29-14-5-3-4-13(8-14)28-2)30(26,27)15-6-7-17-16(9-15)18(24)21-19(25)20-17/h3-9,12,23H,10-11H2,1-2H3,(H2,20,21,24,25). The van der Waals surface area contributed by atoms with Crippen molar-refractivity contribution < 1.29 is 23.0 Å². The van der Waals surface area contributed by atoms with E-state index in [9.17, 15) is 23.1 Å². The monoisotopic (exact) mass is 435 g/mol. The molecule has 3 aromatic rings. The van der Waals surface area contributed by atoms with E-state index in [1.807, 2.05) is 0 Å². The molecule has 0 spiro atoms. The first-order chi connectivity index (χ1) is 14.2. The largest absolute Gasteiger partial charge is 0.497 e. The van der Waals surface area contributed by atoms with E-state index < -0.39 is 27.4 Å². The van der Waals surface area contributed by atoms with E-state index in [1.54, 1.807) is 24.3 Å². The average molecular weight is 435 g/mol. The summed E-state index contributed by atoms with van der Waals surface area (Å²) in [6, 6.07) is 10.6. The minimum Gasteiger partial charge on any atom is -0.497 e. The zero-order chi connectivity index (χ0) is 21.9. The lowest BCUT2D eigenvalue weighted by atomic mass is 10.2. The first-order valence-electron chi connectivity index (χ1n) is 8.88. The molecule has 0 saturated carbocycles. The van der Waals surface area contributed by atoms with E-state index in [1.165, 1.54) is 32.4 Å². The summed E-state index contributed by atoms with van der Waals surface area (Å²) in [5.74, 6) is 1.07. The Kier molecular flexibility index (Phi) is 6.25. The third kappa shape index (κ3) is 4.70. The molecule has 2 aromatic carbocycles. The Labute approximate surface area is 171 Å². The number of H-pyrrole nitrogens is 2. The van der Waals surface area contributed by atoms with Gasteiger partial charge in [-0.15, -0.1) is 0 Å². The highest BCUT2D eigenvalue weighted by Gasteiger charge is 2.24. The van der Waals surface area contributed by atoms with Gasteiger partial charge in [-0.2, -0.15) is 4.31 Å². The Morgan fingerprint density at radius 3 is 2.57 bits per heavy atom. The van der Waals surface area contributed by atoms with Gasteiger partial charge < -0.3 is 19.6 Å². The van der Waals surface area contributed by atoms with Crippen molar-refractivity contribution in [2.75, 3.05) is 27.3 Å². The first kappa shape index (κ1) is 21.6. The van der Waals surface area contributed by atoms with Gasteiger partial charge in [0.1, 0.15) is 24.2 Å². The zero-order valence-corrected chi connectivity index (χ0v) is 17.1. The maximum absolute atomic E-state index is 12.8. The number of hydrogen-bond acceptors (Lipinski definition) is 7. The molecule has 0 bridgehead atoms. The van der Waals surface area contributed by atoms with Gasteiger partial charge in [0.15, 0.2) is 0 Å². The number of likely N-dealkylation sites (N-methyl/N-ethyl adjacent to an activating group) is 1.